The normalized spacial score (nSPS) is 21.5. The third kappa shape index (κ3) is 3.19. The van der Waals surface area contributed by atoms with Crippen LogP contribution in [0.5, 0.6) is 0 Å². The van der Waals surface area contributed by atoms with Gasteiger partial charge in [-0.3, -0.25) is 0 Å². The summed E-state index contributed by atoms with van der Waals surface area (Å²) in [6.07, 6.45) is 9.79. The Labute approximate surface area is 298 Å². The molecule has 0 saturated heterocycles. The van der Waals surface area contributed by atoms with Gasteiger partial charge in [-0.05, 0) is 0 Å². The van der Waals surface area contributed by atoms with Crippen molar-refractivity contribution in [3.05, 3.63) is 126 Å². The fourth-order valence-corrected chi connectivity index (χ4v) is 24.9. The zero-order chi connectivity index (χ0) is 34.7. The molecule has 0 saturated carbocycles. The Hall–Kier alpha value is -3.71. The molecule has 4 aromatic carbocycles. The first kappa shape index (κ1) is 31.1. The summed E-state index contributed by atoms with van der Waals surface area (Å²) in [5, 5.41) is 4.96. The van der Waals surface area contributed by atoms with Gasteiger partial charge in [0, 0.05) is 0 Å². The fraction of sp³-hybridized carbons (Fsp3) is 0.333. The molecule has 2 aliphatic heterocycles. The molecule has 2 aromatic heterocycles. The van der Waals surface area contributed by atoms with E-state index < -0.39 is 29.5 Å². The second kappa shape index (κ2) is 9.78. The van der Waals surface area contributed by atoms with Gasteiger partial charge in [-0.15, -0.1) is 0 Å². The van der Waals surface area contributed by atoms with Gasteiger partial charge < -0.3 is 0 Å². The van der Waals surface area contributed by atoms with E-state index in [-0.39, 0.29) is 15.2 Å². The van der Waals surface area contributed by atoms with Gasteiger partial charge in [0.2, 0.25) is 0 Å². The predicted octanol–water partition coefficient (Wildman–Crippen LogP) is 7.26. The molecule has 10 rings (SSSR count). The maximum atomic E-state index is 16.9. The maximum absolute atomic E-state index is 16.9. The fourth-order valence-electron chi connectivity index (χ4n) is 10.8. The molecule has 2 aliphatic carbocycles. The van der Waals surface area contributed by atoms with Crippen LogP contribution in [-0.4, -0.2) is 0 Å². The molecule has 0 radical (unpaired) electrons. The van der Waals surface area contributed by atoms with Crippen LogP contribution in [0.2, 0.25) is 0 Å². The molecule has 1 unspecified atom stereocenters. The number of pyridine rings is 2. The van der Waals surface area contributed by atoms with Crippen LogP contribution in [0.4, 0.5) is 8.78 Å². The number of halogens is 3. The predicted molar refractivity (Wildman–Crippen MR) is 193 cm³/mol. The molecule has 0 fully saturated rings. The average Bonchev–Trinajstić information content (AvgIpc) is 3.40. The molecule has 254 valence electrons. The van der Waals surface area contributed by atoms with Crippen LogP contribution < -0.4 is 26.1 Å². The van der Waals surface area contributed by atoms with E-state index in [1.54, 1.807) is 12.1 Å². The molecular weight excluding hydrogens is 733 g/mol. The number of aryl methyl sites for hydroxylation is 1. The molecular formula is C45H44F2IN2+. The van der Waals surface area contributed by atoms with Crippen LogP contribution in [0.25, 0.3) is 44.1 Å². The molecule has 0 N–H and O–H groups in total. The number of aromatic nitrogens is 2. The summed E-state index contributed by atoms with van der Waals surface area (Å²) in [5.74, 6) is -0.266. The molecule has 50 heavy (non-hydrogen) atoms. The van der Waals surface area contributed by atoms with E-state index in [1.807, 2.05) is 0 Å². The molecule has 4 aliphatic rings. The number of rotatable bonds is 5. The monoisotopic (exact) mass is 777 g/mol. The van der Waals surface area contributed by atoms with E-state index in [2.05, 4.69) is 123 Å². The Kier molecular flexibility index (Phi) is 6.08. The quantitative estimate of drug-likeness (QED) is 0.0990. The van der Waals surface area contributed by atoms with Gasteiger partial charge in [0.1, 0.15) is 0 Å². The molecule has 2 nitrogen and oxygen atoms in total. The summed E-state index contributed by atoms with van der Waals surface area (Å²) in [6, 6.07) is 23.8. The zero-order valence-corrected chi connectivity index (χ0v) is 32.2. The molecule has 0 amide bonds. The second-order valence-corrected chi connectivity index (χ2v) is 24.4. The molecule has 6 aromatic rings. The van der Waals surface area contributed by atoms with E-state index in [9.17, 15) is 0 Å². The SMILES string of the molecule is CCCCc1cc2c3c4[n+](ccc3c1)C(CC)(CC)[I-]1(c3ccc(F)c(c3-4)C2(C)C)c2ccc(F)c3c2-c2c4c(cccc4cc[n+]21)C3(C)C. The Morgan fingerprint density at radius 2 is 1.28 bits per heavy atom. The number of hydrogen-bond acceptors (Lipinski definition) is 0. The first-order chi connectivity index (χ1) is 24.0. The topological polar surface area (TPSA) is 7.76 Å². The Morgan fingerprint density at radius 3 is 1.94 bits per heavy atom. The van der Waals surface area contributed by atoms with Crippen LogP contribution in [0.15, 0.2) is 79.1 Å². The van der Waals surface area contributed by atoms with E-state index in [4.69, 9.17) is 0 Å². The Morgan fingerprint density at radius 1 is 0.660 bits per heavy atom. The van der Waals surface area contributed by atoms with Crippen molar-refractivity contribution in [3.63, 3.8) is 0 Å². The average molecular weight is 778 g/mol. The van der Waals surface area contributed by atoms with Gasteiger partial charge in [-0.25, -0.2) is 0 Å². The van der Waals surface area contributed by atoms with Crippen LogP contribution >= 0.6 is 0 Å². The van der Waals surface area contributed by atoms with Crippen molar-refractivity contribution in [3.8, 4) is 22.5 Å². The summed E-state index contributed by atoms with van der Waals surface area (Å²) in [6.45, 7) is 15.8. The van der Waals surface area contributed by atoms with E-state index in [0.29, 0.717) is 0 Å². The summed E-state index contributed by atoms with van der Waals surface area (Å²) in [7, 11) is 0. The first-order valence-electron chi connectivity index (χ1n) is 18.4. The zero-order valence-electron chi connectivity index (χ0n) is 30.1. The number of hydrogen-bond donors (Lipinski definition) is 0. The minimum absolute atomic E-state index is 0.131. The minimum atomic E-state index is -3.88. The van der Waals surface area contributed by atoms with Crippen LogP contribution in [0.1, 0.15) is 102 Å². The summed E-state index contributed by atoms with van der Waals surface area (Å²) >= 11 is -3.88. The van der Waals surface area contributed by atoms with Crippen molar-refractivity contribution in [2.75, 3.05) is 0 Å². The number of alkyl halides is 1. The standard InChI is InChI=1S/C45H44F2IN2/c1-8-11-13-26-24-28-20-22-49-41-36(28)30(25-26)44(6,7)39-31(46)16-18-33(37(39)41)48(45(49,9-2)10-3)34-19-17-32(47)40-38(34)42-35-27(21-23-50(42)48)14-12-15-29(35)43(40,4)5/h12,14-25H,8-11,13H2,1-7H3/q+1. The van der Waals surface area contributed by atoms with Crippen molar-refractivity contribution in [1.82, 2.24) is 0 Å². The van der Waals surface area contributed by atoms with Crippen LogP contribution in [0.3, 0.4) is 0 Å². The van der Waals surface area contributed by atoms with Gasteiger partial charge in [0.25, 0.3) is 0 Å². The number of nitrogens with zero attached hydrogens (tertiary/aromatic N) is 2. The summed E-state index contributed by atoms with van der Waals surface area (Å²) in [4.78, 5) is 0. The molecule has 5 heteroatoms. The number of fused-ring (bicyclic) bond motifs is 3. The van der Waals surface area contributed by atoms with E-state index >= 15 is 8.78 Å². The summed E-state index contributed by atoms with van der Waals surface area (Å²) in [5.41, 5.74) is 8.85. The number of unbranched alkanes of at least 4 members (excludes halogenated alkanes) is 1. The first-order valence-corrected chi connectivity index (χ1v) is 22.6. The second-order valence-electron chi connectivity index (χ2n) is 16.0. The van der Waals surface area contributed by atoms with Crippen molar-refractivity contribution in [2.45, 2.75) is 94.9 Å². The third-order valence-electron chi connectivity index (χ3n) is 13.0. The van der Waals surface area contributed by atoms with Gasteiger partial charge in [0.05, 0.1) is 0 Å². The van der Waals surface area contributed by atoms with Crippen molar-refractivity contribution in [1.29, 1.82) is 0 Å². The van der Waals surface area contributed by atoms with Crippen molar-refractivity contribution < 1.29 is 34.8 Å². The van der Waals surface area contributed by atoms with Gasteiger partial charge in [0.15, 0.2) is 0 Å². The molecule has 0 bridgehead atoms. The van der Waals surface area contributed by atoms with Crippen LogP contribution in [-0.2, 0) is 20.8 Å². The Bertz CT molecular complexity index is 2540. The Balaban J connectivity index is 1.46. The molecule has 1 spiro atoms. The van der Waals surface area contributed by atoms with Gasteiger partial charge >= 0.3 is 300 Å². The molecule has 1 atom stereocenters. The number of benzene rings is 4. The van der Waals surface area contributed by atoms with E-state index in [1.165, 1.54) is 56.8 Å². The van der Waals surface area contributed by atoms with E-state index in [0.717, 1.165) is 54.4 Å². The third-order valence-corrected chi connectivity index (χ3v) is 25.5. The van der Waals surface area contributed by atoms with Crippen molar-refractivity contribution in [2.24, 2.45) is 0 Å². The molecule has 4 heterocycles. The van der Waals surface area contributed by atoms with Crippen molar-refractivity contribution >= 4 is 21.5 Å². The van der Waals surface area contributed by atoms with Gasteiger partial charge in [-0.1, -0.05) is 0 Å². The van der Waals surface area contributed by atoms with Gasteiger partial charge in [-0.2, -0.15) is 0 Å². The van der Waals surface area contributed by atoms with Crippen LogP contribution in [0, 0.1) is 18.8 Å². The summed E-state index contributed by atoms with van der Waals surface area (Å²) < 4.78 is 41.1.